The molecule has 1 fully saturated rings. The molecule has 0 radical (unpaired) electrons. The Morgan fingerprint density at radius 1 is 1.24 bits per heavy atom. The fraction of sp³-hybridized carbons (Fsp3) is 0.538. The van der Waals surface area contributed by atoms with E-state index in [0.717, 1.165) is 25.8 Å². The molecule has 1 aliphatic rings. The molecule has 94 valence electrons. The molecule has 1 heterocycles. The molecule has 1 saturated heterocycles. The maximum atomic E-state index is 12.4. The number of piperidine rings is 1. The Labute approximate surface area is 103 Å². The monoisotopic (exact) mass is 253 g/mol. The maximum absolute atomic E-state index is 12.4. The average molecular weight is 253 g/mol. The van der Waals surface area contributed by atoms with Gasteiger partial charge in [-0.3, -0.25) is 0 Å². The number of rotatable bonds is 3. The lowest BCUT2D eigenvalue weighted by Gasteiger charge is -2.28. The van der Waals surface area contributed by atoms with Crippen LogP contribution in [0, 0.1) is 0 Å². The first-order valence-electron chi connectivity index (χ1n) is 6.15. The van der Waals surface area contributed by atoms with Gasteiger partial charge in [0.05, 0.1) is 10.1 Å². The second kappa shape index (κ2) is 5.19. The summed E-state index contributed by atoms with van der Waals surface area (Å²) in [6.07, 6.45) is 3.22. The van der Waals surface area contributed by atoms with Gasteiger partial charge in [-0.05, 0) is 38.4 Å². The molecule has 17 heavy (non-hydrogen) atoms. The third-order valence-corrected chi connectivity index (χ3v) is 5.71. The van der Waals surface area contributed by atoms with Gasteiger partial charge >= 0.3 is 0 Å². The first kappa shape index (κ1) is 12.6. The van der Waals surface area contributed by atoms with Crippen LogP contribution in [0.5, 0.6) is 0 Å². The van der Waals surface area contributed by atoms with Crippen LogP contribution in [0.2, 0.25) is 0 Å². The summed E-state index contributed by atoms with van der Waals surface area (Å²) in [5.74, 6) is 0. The van der Waals surface area contributed by atoms with Gasteiger partial charge < -0.3 is 5.32 Å². The summed E-state index contributed by atoms with van der Waals surface area (Å²) in [5.41, 5.74) is 0. The van der Waals surface area contributed by atoms with Crippen LogP contribution in [0.1, 0.15) is 26.2 Å². The number of sulfone groups is 1. The fourth-order valence-corrected chi connectivity index (χ4v) is 3.95. The third-order valence-electron chi connectivity index (χ3n) is 3.48. The van der Waals surface area contributed by atoms with Crippen molar-refractivity contribution < 1.29 is 8.42 Å². The summed E-state index contributed by atoms with van der Waals surface area (Å²) >= 11 is 0. The van der Waals surface area contributed by atoms with Crippen molar-refractivity contribution in [1.82, 2.24) is 5.32 Å². The van der Waals surface area contributed by atoms with E-state index in [2.05, 4.69) is 5.32 Å². The molecule has 0 aliphatic carbocycles. The fourth-order valence-electron chi connectivity index (χ4n) is 2.32. The first-order chi connectivity index (χ1) is 8.12. The van der Waals surface area contributed by atoms with Crippen molar-refractivity contribution in [2.75, 3.05) is 6.54 Å². The van der Waals surface area contributed by atoms with Crippen LogP contribution < -0.4 is 5.32 Å². The molecule has 1 N–H and O–H groups in total. The van der Waals surface area contributed by atoms with Crippen LogP contribution in [-0.4, -0.2) is 26.3 Å². The van der Waals surface area contributed by atoms with Crippen LogP contribution in [-0.2, 0) is 9.84 Å². The molecule has 4 heteroatoms. The first-order valence-corrected chi connectivity index (χ1v) is 7.69. The molecule has 2 unspecified atom stereocenters. The summed E-state index contributed by atoms with van der Waals surface area (Å²) in [6, 6.07) is 8.82. The predicted octanol–water partition coefficient (Wildman–Crippen LogP) is 1.99. The van der Waals surface area contributed by atoms with Gasteiger partial charge in [0.1, 0.15) is 0 Å². The Kier molecular flexibility index (Phi) is 3.84. The molecule has 0 spiro atoms. The number of nitrogens with one attached hydrogen (secondary N) is 1. The molecule has 0 aromatic heterocycles. The third kappa shape index (κ3) is 2.69. The Balaban J connectivity index is 2.20. The van der Waals surface area contributed by atoms with Gasteiger partial charge in [-0.15, -0.1) is 0 Å². The van der Waals surface area contributed by atoms with E-state index >= 15 is 0 Å². The van der Waals surface area contributed by atoms with E-state index in [4.69, 9.17) is 0 Å². The highest BCUT2D eigenvalue weighted by Crippen LogP contribution is 2.22. The zero-order valence-electron chi connectivity index (χ0n) is 10.1. The van der Waals surface area contributed by atoms with Crippen LogP contribution >= 0.6 is 0 Å². The Morgan fingerprint density at radius 2 is 1.94 bits per heavy atom. The van der Waals surface area contributed by atoms with Gasteiger partial charge in [-0.25, -0.2) is 8.42 Å². The van der Waals surface area contributed by atoms with Gasteiger partial charge in [-0.1, -0.05) is 24.6 Å². The molecule has 0 saturated carbocycles. The van der Waals surface area contributed by atoms with Crippen LogP contribution in [0.15, 0.2) is 35.2 Å². The zero-order valence-corrected chi connectivity index (χ0v) is 10.9. The van der Waals surface area contributed by atoms with E-state index < -0.39 is 9.84 Å². The average Bonchev–Trinajstić information content (AvgIpc) is 2.40. The molecule has 1 aromatic rings. The van der Waals surface area contributed by atoms with E-state index in [9.17, 15) is 8.42 Å². The summed E-state index contributed by atoms with van der Waals surface area (Å²) in [5, 5.41) is 2.96. The van der Waals surface area contributed by atoms with Gasteiger partial charge in [0, 0.05) is 6.04 Å². The SMILES string of the molecule is CC(C1CCCCN1)S(=O)(=O)c1ccccc1. The molecule has 2 atom stereocenters. The molecule has 1 aromatic carbocycles. The summed E-state index contributed by atoms with van der Waals surface area (Å²) < 4.78 is 24.8. The normalized spacial score (nSPS) is 23.2. The lowest BCUT2D eigenvalue weighted by Crippen LogP contribution is -2.45. The second-order valence-electron chi connectivity index (χ2n) is 4.62. The highest BCUT2D eigenvalue weighted by atomic mass is 32.2. The topological polar surface area (TPSA) is 46.2 Å². The van der Waals surface area contributed by atoms with Crippen LogP contribution in [0.25, 0.3) is 0 Å². The molecular formula is C13H19NO2S. The van der Waals surface area contributed by atoms with Gasteiger partial charge in [0.15, 0.2) is 9.84 Å². The predicted molar refractivity (Wildman–Crippen MR) is 68.7 cm³/mol. The van der Waals surface area contributed by atoms with Crippen molar-refractivity contribution in [3.05, 3.63) is 30.3 Å². The zero-order chi connectivity index (χ0) is 12.3. The summed E-state index contributed by atoms with van der Waals surface area (Å²) in [4.78, 5) is 0.430. The smallest absolute Gasteiger partial charge is 0.182 e. The Bertz CT molecular complexity index is 450. The van der Waals surface area contributed by atoms with E-state index in [1.165, 1.54) is 0 Å². The van der Waals surface area contributed by atoms with Gasteiger partial charge in [-0.2, -0.15) is 0 Å². The Morgan fingerprint density at radius 3 is 2.53 bits per heavy atom. The summed E-state index contributed by atoms with van der Waals surface area (Å²) in [7, 11) is -3.20. The van der Waals surface area contributed by atoms with E-state index in [0.29, 0.717) is 4.90 Å². The number of hydrogen-bond donors (Lipinski definition) is 1. The van der Waals surface area contributed by atoms with Gasteiger partial charge in [0.2, 0.25) is 0 Å². The Hall–Kier alpha value is -0.870. The molecule has 0 amide bonds. The minimum atomic E-state index is -3.20. The lowest BCUT2D eigenvalue weighted by molar-refractivity contribution is 0.390. The van der Waals surface area contributed by atoms with E-state index in [1.54, 1.807) is 24.3 Å². The van der Waals surface area contributed by atoms with Crippen molar-refractivity contribution in [3.63, 3.8) is 0 Å². The number of hydrogen-bond acceptors (Lipinski definition) is 3. The largest absolute Gasteiger partial charge is 0.313 e. The number of benzene rings is 1. The lowest BCUT2D eigenvalue weighted by atomic mass is 10.0. The maximum Gasteiger partial charge on any atom is 0.182 e. The highest BCUT2D eigenvalue weighted by Gasteiger charge is 2.31. The van der Waals surface area contributed by atoms with Crippen molar-refractivity contribution in [1.29, 1.82) is 0 Å². The van der Waals surface area contributed by atoms with Crippen LogP contribution in [0.4, 0.5) is 0 Å². The van der Waals surface area contributed by atoms with Gasteiger partial charge in [0.25, 0.3) is 0 Å². The van der Waals surface area contributed by atoms with Crippen LogP contribution in [0.3, 0.4) is 0 Å². The highest BCUT2D eigenvalue weighted by molar-refractivity contribution is 7.92. The van der Waals surface area contributed by atoms with Crippen molar-refractivity contribution in [3.8, 4) is 0 Å². The summed E-state index contributed by atoms with van der Waals surface area (Å²) in [6.45, 7) is 2.74. The van der Waals surface area contributed by atoms with E-state index in [-0.39, 0.29) is 11.3 Å². The molecule has 3 nitrogen and oxygen atoms in total. The molecule has 0 bridgehead atoms. The van der Waals surface area contributed by atoms with Crippen molar-refractivity contribution >= 4 is 9.84 Å². The van der Waals surface area contributed by atoms with E-state index in [1.807, 2.05) is 13.0 Å². The minimum Gasteiger partial charge on any atom is -0.313 e. The molecular weight excluding hydrogens is 234 g/mol. The second-order valence-corrected chi connectivity index (χ2v) is 6.92. The standard InChI is InChI=1S/C13H19NO2S/c1-11(13-9-5-6-10-14-13)17(15,16)12-7-3-2-4-8-12/h2-4,7-8,11,13-14H,5-6,9-10H2,1H3. The molecule has 1 aliphatic heterocycles. The molecule has 2 rings (SSSR count). The minimum absolute atomic E-state index is 0.0916. The van der Waals surface area contributed by atoms with Crippen molar-refractivity contribution in [2.45, 2.75) is 42.4 Å². The quantitative estimate of drug-likeness (QED) is 0.896. The van der Waals surface area contributed by atoms with Crippen molar-refractivity contribution in [2.24, 2.45) is 0 Å².